The molecule has 0 radical (unpaired) electrons. The Balaban J connectivity index is 2.24. The zero-order valence-electron chi connectivity index (χ0n) is 7.80. The van der Waals surface area contributed by atoms with Gasteiger partial charge in [0.2, 0.25) is 0 Å². The molecule has 2 rings (SSSR count). The molecule has 1 amide bonds. The molecule has 0 aliphatic carbocycles. The summed E-state index contributed by atoms with van der Waals surface area (Å²) in [6.45, 7) is 0.450. The summed E-state index contributed by atoms with van der Waals surface area (Å²) in [6, 6.07) is 5.53. The largest absolute Gasteiger partial charge is 0.449 e. The third-order valence-corrected chi connectivity index (χ3v) is 3.19. The molecule has 1 aromatic rings. The van der Waals surface area contributed by atoms with Gasteiger partial charge in [0.05, 0.1) is 12.6 Å². The van der Waals surface area contributed by atoms with Crippen molar-refractivity contribution in [2.24, 2.45) is 0 Å². The van der Waals surface area contributed by atoms with Crippen molar-refractivity contribution in [1.29, 1.82) is 0 Å². The number of benzene rings is 1. The molecule has 1 saturated heterocycles. The van der Waals surface area contributed by atoms with Gasteiger partial charge in [-0.15, -0.1) is 0 Å². The average molecular weight is 291 g/mol. The third-order valence-electron chi connectivity index (χ3n) is 2.27. The SMILES string of the molecule is O=C1N[C@H](c2ccc(Cl)cc2Br)CCO1. The summed E-state index contributed by atoms with van der Waals surface area (Å²) in [6.07, 6.45) is 0.402. The summed E-state index contributed by atoms with van der Waals surface area (Å²) in [5.74, 6) is 0. The summed E-state index contributed by atoms with van der Waals surface area (Å²) >= 11 is 9.27. The van der Waals surface area contributed by atoms with Crippen molar-refractivity contribution in [1.82, 2.24) is 5.32 Å². The monoisotopic (exact) mass is 289 g/mol. The zero-order chi connectivity index (χ0) is 10.8. The van der Waals surface area contributed by atoms with Crippen molar-refractivity contribution in [3.63, 3.8) is 0 Å². The van der Waals surface area contributed by atoms with Crippen molar-refractivity contribution in [3.05, 3.63) is 33.3 Å². The van der Waals surface area contributed by atoms with Crippen LogP contribution in [0.3, 0.4) is 0 Å². The Kier molecular flexibility index (Phi) is 3.17. The van der Waals surface area contributed by atoms with E-state index in [0.717, 1.165) is 16.5 Å². The Morgan fingerprint density at radius 3 is 3.00 bits per heavy atom. The van der Waals surface area contributed by atoms with E-state index < -0.39 is 0 Å². The lowest BCUT2D eigenvalue weighted by Crippen LogP contribution is -2.35. The van der Waals surface area contributed by atoms with Gasteiger partial charge in [0, 0.05) is 15.9 Å². The molecular formula is C10H9BrClNO2. The van der Waals surface area contributed by atoms with Gasteiger partial charge >= 0.3 is 6.09 Å². The smallest absolute Gasteiger partial charge is 0.407 e. The van der Waals surface area contributed by atoms with Gasteiger partial charge in [-0.25, -0.2) is 4.79 Å². The minimum absolute atomic E-state index is 0.00195. The Labute approximate surface area is 101 Å². The van der Waals surface area contributed by atoms with Crippen LogP contribution >= 0.6 is 27.5 Å². The standard InChI is InChI=1S/C10H9BrClNO2/c11-8-5-6(12)1-2-7(8)9-3-4-15-10(14)13-9/h1-2,5,9H,3-4H2,(H,13,14)/t9-/m0/s1. The van der Waals surface area contributed by atoms with E-state index >= 15 is 0 Å². The molecule has 1 aliphatic rings. The molecule has 1 heterocycles. The molecule has 1 fully saturated rings. The van der Waals surface area contributed by atoms with Gasteiger partial charge < -0.3 is 10.1 Å². The van der Waals surface area contributed by atoms with Crippen molar-refractivity contribution >= 4 is 33.6 Å². The zero-order valence-corrected chi connectivity index (χ0v) is 10.1. The van der Waals surface area contributed by atoms with Crippen LogP contribution in [0.1, 0.15) is 18.0 Å². The second-order valence-electron chi connectivity index (χ2n) is 3.29. The Morgan fingerprint density at radius 1 is 1.53 bits per heavy atom. The van der Waals surface area contributed by atoms with Crippen molar-refractivity contribution in [2.75, 3.05) is 6.61 Å². The fourth-order valence-corrected chi connectivity index (χ4v) is 2.50. The number of alkyl carbamates (subject to hydrolysis) is 1. The van der Waals surface area contributed by atoms with Crippen molar-refractivity contribution in [2.45, 2.75) is 12.5 Å². The molecule has 0 aromatic heterocycles. The summed E-state index contributed by atoms with van der Waals surface area (Å²) in [5, 5.41) is 3.43. The maximum atomic E-state index is 11.1. The molecule has 0 unspecified atom stereocenters. The highest BCUT2D eigenvalue weighted by Crippen LogP contribution is 2.29. The van der Waals surface area contributed by atoms with Crippen LogP contribution in [-0.4, -0.2) is 12.7 Å². The highest BCUT2D eigenvalue weighted by atomic mass is 79.9. The summed E-state index contributed by atoms with van der Waals surface area (Å²) in [4.78, 5) is 11.1. The lowest BCUT2D eigenvalue weighted by atomic mass is 10.0. The van der Waals surface area contributed by atoms with Crippen molar-refractivity contribution < 1.29 is 9.53 Å². The molecule has 1 N–H and O–H groups in total. The molecule has 0 saturated carbocycles. The van der Waals surface area contributed by atoms with Gasteiger partial charge in [-0.2, -0.15) is 0 Å². The Morgan fingerprint density at radius 2 is 2.33 bits per heavy atom. The van der Waals surface area contributed by atoms with Crippen molar-refractivity contribution in [3.8, 4) is 0 Å². The summed E-state index contributed by atoms with van der Waals surface area (Å²) in [7, 11) is 0. The second-order valence-corrected chi connectivity index (χ2v) is 4.58. The molecule has 80 valence electrons. The summed E-state index contributed by atoms with van der Waals surface area (Å²) < 4.78 is 5.71. The quantitative estimate of drug-likeness (QED) is 0.862. The molecule has 1 atom stereocenters. The maximum Gasteiger partial charge on any atom is 0.407 e. The Bertz CT molecular complexity index is 397. The topological polar surface area (TPSA) is 38.3 Å². The molecule has 1 aromatic carbocycles. The number of hydrogen-bond donors (Lipinski definition) is 1. The van der Waals surface area contributed by atoms with E-state index in [4.69, 9.17) is 16.3 Å². The normalized spacial score (nSPS) is 20.7. The maximum absolute atomic E-state index is 11.1. The molecule has 5 heteroatoms. The first-order valence-electron chi connectivity index (χ1n) is 4.55. The first kappa shape index (κ1) is 10.8. The molecular weight excluding hydrogens is 281 g/mol. The number of carbonyl (C=O) groups is 1. The minimum atomic E-state index is -0.367. The number of cyclic esters (lactones) is 1. The van der Waals surface area contributed by atoms with Gasteiger partial charge in [0.1, 0.15) is 0 Å². The molecule has 3 nitrogen and oxygen atoms in total. The fourth-order valence-electron chi connectivity index (χ4n) is 1.54. The number of rotatable bonds is 1. The lowest BCUT2D eigenvalue weighted by Gasteiger charge is -2.24. The third kappa shape index (κ3) is 2.44. The van der Waals surface area contributed by atoms with E-state index in [9.17, 15) is 4.79 Å². The van der Waals surface area contributed by atoms with Crippen LogP contribution in [0.2, 0.25) is 5.02 Å². The van der Waals surface area contributed by atoms with Gasteiger partial charge in [-0.05, 0) is 17.7 Å². The first-order valence-corrected chi connectivity index (χ1v) is 5.72. The van der Waals surface area contributed by atoms with E-state index in [1.165, 1.54) is 0 Å². The highest BCUT2D eigenvalue weighted by molar-refractivity contribution is 9.10. The van der Waals surface area contributed by atoms with Gasteiger partial charge in [-0.3, -0.25) is 0 Å². The fraction of sp³-hybridized carbons (Fsp3) is 0.300. The van der Waals surface area contributed by atoms with Crippen LogP contribution in [0.25, 0.3) is 0 Å². The van der Waals surface area contributed by atoms with Gasteiger partial charge in [0.15, 0.2) is 0 Å². The van der Waals surface area contributed by atoms with Crippen LogP contribution in [0.15, 0.2) is 22.7 Å². The van der Waals surface area contributed by atoms with Crippen LogP contribution < -0.4 is 5.32 Å². The molecule has 1 aliphatic heterocycles. The van der Waals surface area contributed by atoms with E-state index in [1.54, 1.807) is 0 Å². The lowest BCUT2D eigenvalue weighted by molar-refractivity contribution is 0.115. The van der Waals surface area contributed by atoms with Crippen LogP contribution in [-0.2, 0) is 4.74 Å². The summed E-state index contributed by atoms with van der Waals surface area (Å²) in [5.41, 5.74) is 1.02. The number of amides is 1. The second kappa shape index (κ2) is 4.41. The first-order chi connectivity index (χ1) is 7.16. The molecule has 0 bridgehead atoms. The number of halogens is 2. The van der Waals surface area contributed by atoms with Crippen LogP contribution in [0, 0.1) is 0 Å². The van der Waals surface area contributed by atoms with Crippen LogP contribution in [0.5, 0.6) is 0 Å². The van der Waals surface area contributed by atoms with E-state index in [2.05, 4.69) is 21.2 Å². The van der Waals surface area contributed by atoms with Gasteiger partial charge in [-0.1, -0.05) is 33.6 Å². The number of nitrogens with one attached hydrogen (secondary N) is 1. The van der Waals surface area contributed by atoms with E-state index in [0.29, 0.717) is 11.6 Å². The van der Waals surface area contributed by atoms with Gasteiger partial charge in [0.25, 0.3) is 0 Å². The van der Waals surface area contributed by atoms with E-state index in [-0.39, 0.29) is 12.1 Å². The molecule has 0 spiro atoms. The minimum Gasteiger partial charge on any atom is -0.449 e. The number of hydrogen-bond acceptors (Lipinski definition) is 2. The van der Waals surface area contributed by atoms with E-state index in [1.807, 2.05) is 18.2 Å². The Hall–Kier alpha value is -0.740. The average Bonchev–Trinajstić information content (AvgIpc) is 2.17. The predicted molar refractivity (Wildman–Crippen MR) is 61.0 cm³/mol. The highest BCUT2D eigenvalue weighted by Gasteiger charge is 2.22. The number of ether oxygens (including phenoxy) is 1. The predicted octanol–water partition coefficient (Wildman–Crippen LogP) is 3.27. The van der Waals surface area contributed by atoms with Crippen LogP contribution in [0.4, 0.5) is 4.79 Å². The number of carbonyl (C=O) groups excluding carboxylic acids is 1. The molecule has 15 heavy (non-hydrogen) atoms.